The van der Waals surface area contributed by atoms with Gasteiger partial charge >= 0.3 is 0 Å². The molecule has 3 aliphatic rings. The van der Waals surface area contributed by atoms with Crippen LogP contribution in [-0.2, 0) is 19.1 Å². The van der Waals surface area contributed by atoms with Crippen molar-refractivity contribution in [1.29, 1.82) is 0 Å². The SMILES string of the molecule is C=CCN(CCCCC)C(=O)C1N(CCCO)C(=O)[C@@H]2[C@@H](C(=O)N(CC=C)c3ccc(OCC)cc3)[C@@]3(C)CCC12O3. The summed E-state index contributed by atoms with van der Waals surface area (Å²) < 4.78 is 12.4. The molecule has 1 aromatic carbocycles. The summed E-state index contributed by atoms with van der Waals surface area (Å²) in [6.07, 6.45) is 7.64. The third kappa shape index (κ3) is 5.61. The van der Waals surface area contributed by atoms with Gasteiger partial charge < -0.3 is 29.3 Å². The molecule has 2 unspecified atom stereocenters. The lowest BCUT2D eigenvalue weighted by molar-refractivity contribution is -0.151. The Morgan fingerprint density at radius 3 is 2.43 bits per heavy atom. The Kier molecular flexibility index (Phi) is 10.1. The second-order valence-electron chi connectivity index (χ2n) is 11.8. The molecule has 42 heavy (non-hydrogen) atoms. The lowest BCUT2D eigenvalue weighted by Gasteiger charge is -2.37. The molecule has 1 spiro atoms. The molecule has 3 aliphatic heterocycles. The van der Waals surface area contributed by atoms with E-state index >= 15 is 0 Å². The predicted molar refractivity (Wildman–Crippen MR) is 162 cm³/mol. The van der Waals surface area contributed by atoms with Gasteiger partial charge in [0.05, 0.1) is 24.0 Å². The van der Waals surface area contributed by atoms with Crippen molar-refractivity contribution >= 4 is 23.4 Å². The van der Waals surface area contributed by atoms with E-state index in [0.717, 1.165) is 19.3 Å². The van der Waals surface area contributed by atoms with E-state index in [-0.39, 0.29) is 37.4 Å². The van der Waals surface area contributed by atoms with Gasteiger partial charge in [-0.15, -0.1) is 13.2 Å². The van der Waals surface area contributed by atoms with Crippen LogP contribution in [0.4, 0.5) is 5.69 Å². The van der Waals surface area contributed by atoms with Gasteiger partial charge in [-0.25, -0.2) is 0 Å². The number of carbonyl (C=O) groups excluding carboxylic acids is 3. The molecule has 1 aromatic rings. The Morgan fingerprint density at radius 2 is 1.81 bits per heavy atom. The summed E-state index contributed by atoms with van der Waals surface area (Å²) in [6, 6.07) is 6.45. The number of rotatable bonds is 16. The van der Waals surface area contributed by atoms with Crippen LogP contribution in [0.3, 0.4) is 0 Å². The fourth-order valence-electron chi connectivity index (χ4n) is 7.24. The number of carbonyl (C=O) groups is 3. The topological polar surface area (TPSA) is 99.6 Å². The molecule has 3 saturated heterocycles. The third-order valence-electron chi connectivity index (χ3n) is 9.06. The minimum absolute atomic E-state index is 0.110. The highest BCUT2D eigenvalue weighted by Crippen LogP contribution is 2.63. The smallest absolute Gasteiger partial charge is 0.248 e. The highest BCUT2D eigenvalue weighted by atomic mass is 16.5. The molecule has 5 atom stereocenters. The maximum absolute atomic E-state index is 14.5. The monoisotopic (exact) mass is 581 g/mol. The fraction of sp³-hybridized carbons (Fsp3) is 0.606. The Hall–Kier alpha value is -3.17. The molecule has 230 valence electrons. The average molecular weight is 582 g/mol. The van der Waals surface area contributed by atoms with Crippen molar-refractivity contribution in [2.24, 2.45) is 11.8 Å². The Bertz CT molecular complexity index is 1150. The number of likely N-dealkylation sites (tertiary alicyclic amines) is 1. The molecule has 3 heterocycles. The standard InChI is InChI=1S/C33H47N3O6/c1-6-10-11-21-34(19-7-2)31(40)28-33-18-17-32(5,42-33)26(27(33)30(39)36(28)22-12-23-37)29(38)35(20-8-3)24-13-15-25(16-14-24)41-9-4/h7-8,13-16,26-28,37H,2-3,6,9-12,17-23H2,1,4-5H3/t26-,27-,28?,32+,33?/m0/s1. The van der Waals surface area contributed by atoms with E-state index in [2.05, 4.69) is 20.1 Å². The van der Waals surface area contributed by atoms with Crippen LogP contribution < -0.4 is 9.64 Å². The van der Waals surface area contributed by atoms with Crippen LogP contribution in [0.1, 0.15) is 59.3 Å². The van der Waals surface area contributed by atoms with Crippen LogP contribution >= 0.6 is 0 Å². The second-order valence-corrected chi connectivity index (χ2v) is 11.8. The quantitative estimate of drug-likeness (QED) is 0.234. The molecule has 3 fully saturated rings. The van der Waals surface area contributed by atoms with Crippen molar-refractivity contribution in [1.82, 2.24) is 9.80 Å². The Labute approximate surface area is 250 Å². The zero-order valence-electron chi connectivity index (χ0n) is 25.4. The van der Waals surface area contributed by atoms with Crippen LogP contribution in [-0.4, -0.2) is 89.3 Å². The number of ether oxygens (including phenoxy) is 2. The summed E-state index contributed by atoms with van der Waals surface area (Å²) in [6.45, 7) is 15.5. The molecule has 3 amide bonds. The largest absolute Gasteiger partial charge is 0.494 e. The van der Waals surface area contributed by atoms with E-state index in [1.807, 2.05) is 38.1 Å². The third-order valence-corrected chi connectivity index (χ3v) is 9.06. The van der Waals surface area contributed by atoms with Crippen molar-refractivity contribution in [3.63, 3.8) is 0 Å². The maximum atomic E-state index is 14.5. The fourth-order valence-corrected chi connectivity index (χ4v) is 7.24. The predicted octanol–water partition coefficient (Wildman–Crippen LogP) is 3.96. The maximum Gasteiger partial charge on any atom is 0.248 e. The van der Waals surface area contributed by atoms with Crippen LogP contribution in [0.5, 0.6) is 5.75 Å². The normalized spacial score (nSPS) is 27.6. The van der Waals surface area contributed by atoms with Gasteiger partial charge in [-0.2, -0.15) is 0 Å². The summed E-state index contributed by atoms with van der Waals surface area (Å²) in [5.74, 6) is -1.51. The number of fused-ring (bicyclic) bond motifs is 1. The van der Waals surface area contributed by atoms with E-state index in [1.165, 1.54) is 0 Å². The van der Waals surface area contributed by atoms with Crippen molar-refractivity contribution in [2.75, 3.05) is 44.3 Å². The number of aliphatic hydroxyl groups is 1. The van der Waals surface area contributed by atoms with Crippen LogP contribution in [0, 0.1) is 11.8 Å². The van der Waals surface area contributed by atoms with Crippen molar-refractivity contribution in [2.45, 2.75) is 76.5 Å². The van der Waals surface area contributed by atoms with E-state index in [1.54, 1.807) is 26.9 Å². The highest BCUT2D eigenvalue weighted by molar-refractivity contribution is 6.03. The number of hydrogen-bond acceptors (Lipinski definition) is 6. The molecule has 0 aromatic heterocycles. The number of anilines is 1. The Balaban J connectivity index is 1.72. The van der Waals surface area contributed by atoms with Crippen molar-refractivity contribution < 1.29 is 29.0 Å². The first-order chi connectivity index (χ1) is 20.2. The van der Waals surface area contributed by atoms with Gasteiger partial charge in [0.2, 0.25) is 17.7 Å². The van der Waals surface area contributed by atoms with Crippen LogP contribution in [0.2, 0.25) is 0 Å². The van der Waals surface area contributed by atoms with Gasteiger partial charge in [-0.3, -0.25) is 14.4 Å². The number of aliphatic hydroxyl groups excluding tert-OH is 1. The first-order valence-electron chi connectivity index (χ1n) is 15.4. The van der Waals surface area contributed by atoms with E-state index in [0.29, 0.717) is 50.4 Å². The van der Waals surface area contributed by atoms with Crippen molar-refractivity contribution in [3.8, 4) is 5.75 Å². The summed E-state index contributed by atoms with van der Waals surface area (Å²) in [7, 11) is 0. The van der Waals surface area contributed by atoms with Crippen LogP contribution in [0.25, 0.3) is 0 Å². The van der Waals surface area contributed by atoms with Gasteiger partial charge in [0.25, 0.3) is 0 Å². The molecule has 9 heteroatoms. The number of benzene rings is 1. The van der Waals surface area contributed by atoms with Gasteiger partial charge in [-0.05, 0) is 63.8 Å². The summed E-state index contributed by atoms with van der Waals surface area (Å²) in [4.78, 5) is 48.1. The highest BCUT2D eigenvalue weighted by Gasteiger charge is 2.78. The second kappa shape index (κ2) is 13.4. The zero-order chi connectivity index (χ0) is 30.5. The number of hydrogen-bond donors (Lipinski definition) is 1. The van der Waals surface area contributed by atoms with E-state index in [4.69, 9.17) is 9.47 Å². The zero-order valence-corrected chi connectivity index (χ0v) is 25.4. The lowest BCUT2D eigenvalue weighted by atomic mass is 9.66. The first kappa shape index (κ1) is 31.8. The summed E-state index contributed by atoms with van der Waals surface area (Å²) in [5, 5.41) is 9.64. The molecular weight excluding hydrogens is 534 g/mol. The molecule has 4 rings (SSSR count). The molecule has 0 radical (unpaired) electrons. The average Bonchev–Trinajstić information content (AvgIpc) is 3.55. The van der Waals surface area contributed by atoms with Crippen molar-refractivity contribution in [3.05, 3.63) is 49.6 Å². The van der Waals surface area contributed by atoms with Gasteiger partial charge in [0, 0.05) is 38.5 Å². The molecule has 2 bridgehead atoms. The van der Waals surface area contributed by atoms with E-state index in [9.17, 15) is 19.5 Å². The van der Waals surface area contributed by atoms with E-state index < -0.39 is 29.1 Å². The number of nitrogens with zero attached hydrogens (tertiary/aromatic N) is 3. The molecular formula is C33H47N3O6. The number of unbranched alkanes of at least 4 members (excludes halogenated alkanes) is 2. The molecule has 9 nitrogen and oxygen atoms in total. The summed E-state index contributed by atoms with van der Waals surface area (Å²) in [5.41, 5.74) is -1.33. The Morgan fingerprint density at radius 1 is 1.10 bits per heavy atom. The first-order valence-corrected chi connectivity index (χ1v) is 15.4. The molecule has 0 saturated carbocycles. The minimum atomic E-state index is -1.11. The minimum Gasteiger partial charge on any atom is -0.494 e. The molecule has 1 N–H and O–H groups in total. The van der Waals surface area contributed by atoms with Gasteiger partial charge in [0.15, 0.2) is 0 Å². The lowest BCUT2D eigenvalue weighted by Crippen LogP contribution is -2.56. The summed E-state index contributed by atoms with van der Waals surface area (Å²) >= 11 is 0. The van der Waals surface area contributed by atoms with Gasteiger partial charge in [0.1, 0.15) is 17.4 Å². The van der Waals surface area contributed by atoms with Gasteiger partial charge in [-0.1, -0.05) is 31.9 Å². The van der Waals surface area contributed by atoms with Crippen LogP contribution in [0.15, 0.2) is 49.6 Å². The molecule has 0 aliphatic carbocycles. The number of amides is 3.